The molecule has 6 rings (SSSR count). The Morgan fingerprint density at radius 1 is 0.483 bits per heavy atom. The second-order valence-corrected chi connectivity index (χ2v) is 8.08. The van der Waals surface area contributed by atoms with Crippen molar-refractivity contribution >= 4 is 22.7 Å². The number of para-hydroxylation sites is 2. The predicted octanol–water partition coefficient (Wildman–Crippen LogP) is 6.57. The minimum Gasteiger partial charge on any atom is -0.355 e. The molecule has 4 aromatic rings. The molecule has 2 nitrogen and oxygen atoms in total. The summed E-state index contributed by atoms with van der Waals surface area (Å²) in [5.41, 5.74) is 13.2. The van der Waals surface area contributed by atoms with Crippen LogP contribution in [0.3, 0.4) is 0 Å². The fraction of sp³-hybridized carbons (Fsp3) is 0.111. The Kier molecular flexibility index (Phi) is 3.70. The summed E-state index contributed by atoms with van der Waals surface area (Å²) in [5.74, 6) is 0. The lowest BCUT2D eigenvalue weighted by atomic mass is 9.92. The minimum absolute atomic E-state index is 0.962. The molecule has 0 aromatic heterocycles. The highest BCUT2D eigenvalue weighted by molar-refractivity contribution is 5.73. The molecular weight excluding hydrogens is 352 g/mol. The molecule has 0 amide bonds. The van der Waals surface area contributed by atoms with Crippen molar-refractivity contribution in [2.45, 2.75) is 19.3 Å². The van der Waals surface area contributed by atoms with Crippen LogP contribution >= 0.6 is 0 Å². The van der Waals surface area contributed by atoms with Crippen LogP contribution in [-0.4, -0.2) is 0 Å². The maximum absolute atomic E-state index is 3.57. The first-order valence-corrected chi connectivity index (χ1v) is 10.3. The zero-order valence-corrected chi connectivity index (χ0v) is 16.2. The monoisotopic (exact) mass is 374 g/mol. The van der Waals surface area contributed by atoms with Crippen LogP contribution in [0.5, 0.6) is 0 Å². The highest BCUT2D eigenvalue weighted by atomic mass is 14.9. The van der Waals surface area contributed by atoms with Crippen molar-refractivity contribution in [1.82, 2.24) is 0 Å². The molecule has 2 heteroatoms. The number of fused-ring (bicyclic) bond motifs is 4. The van der Waals surface area contributed by atoms with Gasteiger partial charge in [-0.25, -0.2) is 0 Å². The standard InChI is InChI=1S/C27H22N2/c1-3-7-24-20(5-1)16-22-14-18(9-11-26(22)28-24)13-19-10-12-27-23(15-19)17-21-6-2-4-8-25(21)29-27/h1-12,14-15,28-29H,13,16-17H2. The van der Waals surface area contributed by atoms with E-state index in [-0.39, 0.29) is 0 Å². The molecule has 4 aromatic carbocycles. The molecule has 2 heterocycles. The number of rotatable bonds is 2. The molecule has 29 heavy (non-hydrogen) atoms. The van der Waals surface area contributed by atoms with Gasteiger partial charge in [0.05, 0.1) is 0 Å². The maximum atomic E-state index is 3.57. The topological polar surface area (TPSA) is 24.1 Å². The van der Waals surface area contributed by atoms with E-state index in [1.807, 2.05) is 0 Å². The zero-order chi connectivity index (χ0) is 19.2. The Balaban J connectivity index is 1.26. The van der Waals surface area contributed by atoms with E-state index in [1.165, 1.54) is 56.1 Å². The summed E-state index contributed by atoms with van der Waals surface area (Å²) < 4.78 is 0. The van der Waals surface area contributed by atoms with Gasteiger partial charge < -0.3 is 10.6 Å². The van der Waals surface area contributed by atoms with E-state index in [0.29, 0.717) is 0 Å². The largest absolute Gasteiger partial charge is 0.355 e. The molecule has 140 valence electrons. The quantitative estimate of drug-likeness (QED) is 0.358. The van der Waals surface area contributed by atoms with Crippen LogP contribution in [0.1, 0.15) is 33.4 Å². The average Bonchev–Trinajstić information content (AvgIpc) is 2.76. The first kappa shape index (κ1) is 16.4. The van der Waals surface area contributed by atoms with Crippen LogP contribution in [0.25, 0.3) is 0 Å². The van der Waals surface area contributed by atoms with Gasteiger partial charge in [-0.3, -0.25) is 0 Å². The molecule has 0 unspecified atom stereocenters. The first-order chi connectivity index (χ1) is 14.3. The smallest absolute Gasteiger partial charge is 0.0420 e. The zero-order valence-electron chi connectivity index (χ0n) is 16.2. The fourth-order valence-corrected chi connectivity index (χ4v) is 4.58. The van der Waals surface area contributed by atoms with Gasteiger partial charge in [-0.1, -0.05) is 60.7 Å². The van der Waals surface area contributed by atoms with Gasteiger partial charge in [0.2, 0.25) is 0 Å². The van der Waals surface area contributed by atoms with Crippen LogP contribution in [0, 0.1) is 0 Å². The Morgan fingerprint density at radius 3 is 1.45 bits per heavy atom. The summed E-state index contributed by atoms with van der Waals surface area (Å²) in [5, 5.41) is 7.15. The van der Waals surface area contributed by atoms with E-state index in [0.717, 1.165) is 19.3 Å². The minimum atomic E-state index is 0.962. The Morgan fingerprint density at radius 2 is 0.931 bits per heavy atom. The van der Waals surface area contributed by atoms with Crippen LogP contribution in [0.15, 0.2) is 84.9 Å². The van der Waals surface area contributed by atoms with Gasteiger partial charge in [0, 0.05) is 35.6 Å². The third-order valence-corrected chi connectivity index (χ3v) is 6.08. The van der Waals surface area contributed by atoms with Gasteiger partial charge in [-0.15, -0.1) is 0 Å². The van der Waals surface area contributed by atoms with Gasteiger partial charge in [-0.2, -0.15) is 0 Å². The predicted molar refractivity (Wildman–Crippen MR) is 121 cm³/mol. The highest BCUT2D eigenvalue weighted by Gasteiger charge is 2.16. The van der Waals surface area contributed by atoms with Crippen molar-refractivity contribution in [1.29, 1.82) is 0 Å². The lowest BCUT2D eigenvalue weighted by Gasteiger charge is -2.23. The molecule has 0 radical (unpaired) electrons. The van der Waals surface area contributed by atoms with Crippen molar-refractivity contribution in [3.8, 4) is 0 Å². The summed E-state index contributed by atoms with van der Waals surface area (Å²) >= 11 is 0. The molecule has 0 spiro atoms. The molecule has 2 N–H and O–H groups in total. The van der Waals surface area contributed by atoms with Gasteiger partial charge in [0.25, 0.3) is 0 Å². The first-order valence-electron chi connectivity index (χ1n) is 10.3. The van der Waals surface area contributed by atoms with Crippen LogP contribution in [-0.2, 0) is 19.3 Å². The Labute approximate surface area is 171 Å². The lowest BCUT2D eigenvalue weighted by molar-refractivity contribution is 1.10. The third-order valence-electron chi connectivity index (χ3n) is 6.08. The van der Waals surface area contributed by atoms with Crippen molar-refractivity contribution in [2.24, 2.45) is 0 Å². The second kappa shape index (κ2) is 6.52. The molecule has 0 atom stereocenters. The Bertz CT molecular complexity index is 1140. The molecule has 0 aliphatic carbocycles. The van der Waals surface area contributed by atoms with E-state index >= 15 is 0 Å². The average molecular weight is 374 g/mol. The third kappa shape index (κ3) is 2.98. The van der Waals surface area contributed by atoms with Crippen LogP contribution in [0.2, 0.25) is 0 Å². The fourth-order valence-electron chi connectivity index (χ4n) is 4.58. The number of benzene rings is 4. The van der Waals surface area contributed by atoms with Gasteiger partial charge in [0.15, 0.2) is 0 Å². The van der Waals surface area contributed by atoms with Crippen LogP contribution in [0.4, 0.5) is 22.7 Å². The highest BCUT2D eigenvalue weighted by Crippen LogP contribution is 2.35. The van der Waals surface area contributed by atoms with E-state index < -0.39 is 0 Å². The van der Waals surface area contributed by atoms with E-state index in [4.69, 9.17) is 0 Å². The van der Waals surface area contributed by atoms with Crippen molar-refractivity contribution in [2.75, 3.05) is 10.6 Å². The summed E-state index contributed by atoms with van der Waals surface area (Å²) in [6, 6.07) is 30.9. The lowest BCUT2D eigenvalue weighted by Crippen LogP contribution is -2.08. The molecule has 0 bridgehead atoms. The van der Waals surface area contributed by atoms with Gasteiger partial charge in [0.1, 0.15) is 0 Å². The summed E-state index contributed by atoms with van der Waals surface area (Å²) in [4.78, 5) is 0. The summed E-state index contributed by atoms with van der Waals surface area (Å²) in [7, 11) is 0. The molecule has 2 aliphatic rings. The molecule has 0 fully saturated rings. The second-order valence-electron chi connectivity index (χ2n) is 8.08. The number of hydrogen-bond donors (Lipinski definition) is 2. The van der Waals surface area contributed by atoms with Gasteiger partial charge >= 0.3 is 0 Å². The SMILES string of the molecule is c1ccc2c(c1)Cc1cc(Cc3ccc4c(c3)Cc3ccccc3N4)ccc1N2. The summed E-state index contributed by atoms with van der Waals surface area (Å²) in [6.45, 7) is 0. The van der Waals surface area contributed by atoms with Crippen molar-refractivity contribution in [3.05, 3.63) is 118 Å². The molecular formula is C27H22N2. The van der Waals surface area contributed by atoms with Crippen molar-refractivity contribution in [3.63, 3.8) is 0 Å². The number of nitrogens with one attached hydrogen (secondary N) is 2. The van der Waals surface area contributed by atoms with E-state index in [2.05, 4.69) is 95.6 Å². The molecule has 0 saturated carbocycles. The number of anilines is 4. The number of hydrogen-bond acceptors (Lipinski definition) is 2. The van der Waals surface area contributed by atoms with E-state index in [9.17, 15) is 0 Å². The van der Waals surface area contributed by atoms with Crippen molar-refractivity contribution < 1.29 is 0 Å². The van der Waals surface area contributed by atoms with E-state index in [1.54, 1.807) is 0 Å². The summed E-state index contributed by atoms with van der Waals surface area (Å²) in [6.07, 6.45) is 2.96. The molecule has 0 saturated heterocycles. The van der Waals surface area contributed by atoms with Crippen LogP contribution < -0.4 is 10.6 Å². The van der Waals surface area contributed by atoms with Gasteiger partial charge in [-0.05, 0) is 64.1 Å². The maximum Gasteiger partial charge on any atom is 0.0420 e. The Hall–Kier alpha value is -3.52. The molecule has 2 aliphatic heterocycles. The normalized spacial score (nSPS) is 13.2.